The Morgan fingerprint density at radius 2 is 1.91 bits per heavy atom. The van der Waals surface area contributed by atoms with E-state index in [1.165, 1.54) is 17.3 Å². The third-order valence-corrected chi connectivity index (χ3v) is 7.03. The average Bonchev–Trinajstić information content (AvgIpc) is 3.48. The van der Waals surface area contributed by atoms with E-state index in [9.17, 15) is 9.59 Å². The van der Waals surface area contributed by atoms with Crippen LogP contribution < -0.4 is 5.73 Å². The van der Waals surface area contributed by atoms with E-state index in [-0.39, 0.29) is 17.6 Å². The molecule has 1 aliphatic heterocycles. The van der Waals surface area contributed by atoms with Crippen LogP contribution in [0.25, 0.3) is 11.6 Å². The molecule has 3 aromatic rings. The van der Waals surface area contributed by atoms with Crippen LogP contribution in [-0.2, 0) is 22.6 Å². The minimum absolute atomic E-state index is 0.0992. The van der Waals surface area contributed by atoms with E-state index in [2.05, 4.69) is 34.5 Å². The molecule has 2 aromatic heterocycles. The second-order valence-corrected chi connectivity index (χ2v) is 9.68. The van der Waals surface area contributed by atoms with Crippen molar-refractivity contribution in [2.75, 3.05) is 13.1 Å². The molecule has 1 fully saturated rings. The number of piperidine rings is 1. The number of carbonyl (C=O) groups is 2. The molecule has 1 aromatic carbocycles. The molecule has 0 radical (unpaired) electrons. The van der Waals surface area contributed by atoms with E-state index in [1.807, 2.05) is 17.9 Å². The molecule has 0 saturated carbocycles. The van der Waals surface area contributed by atoms with Gasteiger partial charge in [0.25, 0.3) is 0 Å². The summed E-state index contributed by atoms with van der Waals surface area (Å²) in [4.78, 5) is 26.4. The normalized spacial score (nSPS) is 15.5. The number of carbonyl (C=O) groups excluding carboxylic acids is 2. The van der Waals surface area contributed by atoms with Crippen molar-refractivity contribution in [3.8, 4) is 11.6 Å². The van der Waals surface area contributed by atoms with Gasteiger partial charge in [0, 0.05) is 26.1 Å². The Kier molecular flexibility index (Phi) is 7.49. The minimum Gasteiger partial charge on any atom is -0.461 e. The third-order valence-electron chi connectivity index (χ3n) is 5.96. The zero-order chi connectivity index (χ0) is 23.2. The second kappa shape index (κ2) is 10.7. The number of hydrogen-bond donors (Lipinski definition) is 1. The lowest BCUT2D eigenvalue weighted by Gasteiger charge is -2.33. The van der Waals surface area contributed by atoms with Gasteiger partial charge in [-0.3, -0.25) is 14.2 Å². The standard InChI is InChI=1S/C24H29N5O3S/c1-17(23(31)28-12-9-19(10-13-28)16-18-6-3-2-4-7-18)33-24-27-26-22(20-8-5-15-32-20)29(24)14-11-21(25)30/h2-8,15,17,19H,9-14,16H2,1H3,(H2,25,30). The maximum Gasteiger partial charge on any atom is 0.235 e. The van der Waals surface area contributed by atoms with E-state index >= 15 is 0 Å². The number of primary amides is 1. The van der Waals surface area contributed by atoms with Gasteiger partial charge in [-0.25, -0.2) is 0 Å². The fraction of sp³-hybridized carbons (Fsp3) is 0.417. The molecule has 0 spiro atoms. The molecule has 1 aliphatic rings. The molecule has 4 rings (SSSR count). The molecule has 1 saturated heterocycles. The maximum absolute atomic E-state index is 13.1. The van der Waals surface area contributed by atoms with E-state index in [1.54, 1.807) is 23.0 Å². The van der Waals surface area contributed by atoms with Crippen LogP contribution in [0, 0.1) is 5.92 Å². The highest BCUT2D eigenvalue weighted by Gasteiger charge is 2.28. The SMILES string of the molecule is CC(Sc1nnc(-c2ccco2)n1CCC(N)=O)C(=O)N1CCC(Cc2ccccc2)CC1. The van der Waals surface area contributed by atoms with Crippen LogP contribution in [0.5, 0.6) is 0 Å². The van der Waals surface area contributed by atoms with Crippen LogP contribution in [0.2, 0.25) is 0 Å². The second-order valence-electron chi connectivity index (χ2n) is 8.37. The van der Waals surface area contributed by atoms with Gasteiger partial charge in [-0.1, -0.05) is 42.1 Å². The first-order chi connectivity index (χ1) is 16.0. The van der Waals surface area contributed by atoms with Crippen LogP contribution in [0.3, 0.4) is 0 Å². The van der Waals surface area contributed by atoms with E-state index in [0.717, 1.165) is 32.4 Å². The number of hydrogen-bond acceptors (Lipinski definition) is 6. The van der Waals surface area contributed by atoms with Gasteiger partial charge in [0.15, 0.2) is 16.7 Å². The van der Waals surface area contributed by atoms with Crippen molar-refractivity contribution in [2.45, 2.75) is 49.6 Å². The molecule has 8 nitrogen and oxygen atoms in total. The summed E-state index contributed by atoms with van der Waals surface area (Å²) in [6, 6.07) is 14.1. The van der Waals surface area contributed by atoms with Gasteiger partial charge < -0.3 is 15.1 Å². The van der Waals surface area contributed by atoms with E-state index in [0.29, 0.717) is 29.2 Å². The Morgan fingerprint density at radius 1 is 1.15 bits per heavy atom. The molecule has 1 unspecified atom stereocenters. The van der Waals surface area contributed by atoms with Gasteiger partial charge in [0.05, 0.1) is 11.5 Å². The van der Waals surface area contributed by atoms with Crippen LogP contribution in [0.4, 0.5) is 0 Å². The molecule has 3 heterocycles. The highest BCUT2D eigenvalue weighted by Crippen LogP contribution is 2.29. The van der Waals surface area contributed by atoms with Gasteiger partial charge in [-0.15, -0.1) is 10.2 Å². The number of aromatic nitrogens is 3. The summed E-state index contributed by atoms with van der Waals surface area (Å²) in [5.74, 6) is 1.37. The fourth-order valence-corrected chi connectivity index (χ4v) is 5.12. The number of benzene rings is 1. The first kappa shape index (κ1) is 23.1. The van der Waals surface area contributed by atoms with Crippen molar-refractivity contribution in [2.24, 2.45) is 11.7 Å². The van der Waals surface area contributed by atoms with E-state index < -0.39 is 5.91 Å². The third kappa shape index (κ3) is 5.84. The summed E-state index contributed by atoms with van der Waals surface area (Å²) in [5.41, 5.74) is 6.71. The Morgan fingerprint density at radius 3 is 2.58 bits per heavy atom. The number of thioether (sulfide) groups is 1. The van der Waals surface area contributed by atoms with Crippen LogP contribution in [0.1, 0.15) is 31.7 Å². The Bertz CT molecular complexity index is 1060. The molecular formula is C24H29N5O3S. The van der Waals surface area contributed by atoms with E-state index in [4.69, 9.17) is 10.2 Å². The van der Waals surface area contributed by atoms with Gasteiger partial charge in [0.2, 0.25) is 11.8 Å². The smallest absolute Gasteiger partial charge is 0.235 e. The average molecular weight is 468 g/mol. The number of amides is 2. The summed E-state index contributed by atoms with van der Waals surface area (Å²) >= 11 is 1.35. The summed E-state index contributed by atoms with van der Waals surface area (Å²) in [7, 11) is 0. The van der Waals surface area contributed by atoms with Crippen molar-refractivity contribution in [3.63, 3.8) is 0 Å². The highest BCUT2D eigenvalue weighted by atomic mass is 32.2. The van der Waals surface area contributed by atoms with Gasteiger partial charge >= 0.3 is 0 Å². The number of furan rings is 1. The molecule has 0 aliphatic carbocycles. The van der Waals surface area contributed by atoms with Gasteiger partial charge in [-0.05, 0) is 49.8 Å². The molecule has 2 amide bonds. The lowest BCUT2D eigenvalue weighted by Crippen LogP contribution is -2.42. The zero-order valence-electron chi connectivity index (χ0n) is 18.7. The number of nitrogens with zero attached hydrogens (tertiary/aromatic N) is 4. The molecule has 9 heteroatoms. The van der Waals surface area contributed by atoms with Crippen molar-refractivity contribution in [1.29, 1.82) is 0 Å². The topological polar surface area (TPSA) is 107 Å². The molecule has 1 atom stereocenters. The van der Waals surface area contributed by atoms with Crippen molar-refractivity contribution in [3.05, 3.63) is 54.3 Å². The van der Waals surface area contributed by atoms with Gasteiger partial charge in [0.1, 0.15) is 0 Å². The molecule has 2 N–H and O–H groups in total. The lowest BCUT2D eigenvalue weighted by molar-refractivity contribution is -0.131. The number of likely N-dealkylation sites (tertiary alicyclic amines) is 1. The predicted octanol–water partition coefficient (Wildman–Crippen LogP) is 3.38. The molecule has 174 valence electrons. The first-order valence-corrected chi connectivity index (χ1v) is 12.1. The number of rotatable bonds is 9. The lowest BCUT2D eigenvalue weighted by atomic mass is 9.90. The van der Waals surface area contributed by atoms with Gasteiger partial charge in [-0.2, -0.15) is 0 Å². The maximum atomic E-state index is 13.1. The van der Waals surface area contributed by atoms with Crippen LogP contribution >= 0.6 is 11.8 Å². The zero-order valence-corrected chi connectivity index (χ0v) is 19.5. The minimum atomic E-state index is -0.410. The predicted molar refractivity (Wildman–Crippen MR) is 126 cm³/mol. The Hall–Kier alpha value is -3.07. The highest BCUT2D eigenvalue weighted by molar-refractivity contribution is 8.00. The molecule has 0 bridgehead atoms. The quantitative estimate of drug-likeness (QED) is 0.484. The molecular weight excluding hydrogens is 438 g/mol. The van der Waals surface area contributed by atoms with Crippen molar-refractivity contribution < 1.29 is 14.0 Å². The summed E-state index contributed by atoms with van der Waals surface area (Å²) in [6.07, 6.45) is 4.79. The van der Waals surface area contributed by atoms with Crippen molar-refractivity contribution >= 4 is 23.6 Å². The summed E-state index contributed by atoms with van der Waals surface area (Å²) in [6.45, 7) is 3.76. The van der Waals surface area contributed by atoms with Crippen molar-refractivity contribution in [1.82, 2.24) is 19.7 Å². The molecule has 33 heavy (non-hydrogen) atoms. The number of nitrogens with two attached hydrogens (primary N) is 1. The largest absolute Gasteiger partial charge is 0.461 e. The van der Waals surface area contributed by atoms with Crippen LogP contribution in [-0.4, -0.2) is 49.8 Å². The first-order valence-electron chi connectivity index (χ1n) is 11.3. The monoisotopic (exact) mass is 467 g/mol. The summed E-state index contributed by atoms with van der Waals surface area (Å²) in [5, 5.41) is 8.75. The summed E-state index contributed by atoms with van der Waals surface area (Å²) < 4.78 is 7.25. The Labute approximate surface area is 197 Å². The fourth-order valence-electron chi connectivity index (χ4n) is 4.16. The van der Waals surface area contributed by atoms with Crippen LogP contribution in [0.15, 0.2) is 58.3 Å². The Balaban J connectivity index is 1.37.